The molecule has 0 saturated carbocycles. The van der Waals surface area contributed by atoms with Crippen LogP contribution in [0.5, 0.6) is 0 Å². The molecule has 2 aliphatic rings. The van der Waals surface area contributed by atoms with Crippen molar-refractivity contribution in [2.75, 3.05) is 6.54 Å². The molecular weight excluding hydrogens is 524 g/mol. The van der Waals surface area contributed by atoms with Crippen LogP contribution in [-0.2, 0) is 30.4 Å². The Hall–Kier alpha value is -3.27. The van der Waals surface area contributed by atoms with Gasteiger partial charge in [-0.1, -0.05) is 63.9 Å². The van der Waals surface area contributed by atoms with Crippen LogP contribution in [-0.4, -0.2) is 75.7 Å². The molecular formula is C31H46N4O6. The van der Waals surface area contributed by atoms with Crippen LogP contribution in [0, 0.1) is 5.41 Å². The molecule has 0 spiro atoms. The predicted octanol–water partition coefficient (Wildman–Crippen LogP) is 2.02. The Balaban J connectivity index is 1.88. The number of nitrogens with zero attached hydrogens (tertiary/aromatic N) is 1. The third-order valence-electron chi connectivity index (χ3n) is 8.31. The minimum absolute atomic E-state index is 0.231. The molecule has 0 bridgehead atoms. The van der Waals surface area contributed by atoms with E-state index in [1.165, 1.54) is 6.92 Å². The van der Waals surface area contributed by atoms with Gasteiger partial charge in [-0.15, -0.1) is 0 Å². The van der Waals surface area contributed by atoms with Crippen LogP contribution in [0.2, 0.25) is 0 Å². The maximum absolute atomic E-state index is 14.0. The molecule has 2 fully saturated rings. The summed E-state index contributed by atoms with van der Waals surface area (Å²) in [5, 5.41) is 18.1. The predicted molar refractivity (Wildman–Crippen MR) is 155 cm³/mol. The Morgan fingerprint density at radius 3 is 2.32 bits per heavy atom. The fraction of sp³-hybridized carbons (Fsp3) is 0.645. The number of Topliss-reactive ketones (excluding diaryl/α,β-unsaturated/α-hetero) is 1. The first-order valence-electron chi connectivity index (χ1n) is 14.7. The van der Waals surface area contributed by atoms with E-state index < -0.39 is 47.5 Å². The van der Waals surface area contributed by atoms with E-state index in [2.05, 4.69) is 16.0 Å². The molecule has 0 radical (unpaired) electrons. The van der Waals surface area contributed by atoms with Gasteiger partial charge >= 0.3 is 0 Å². The normalized spacial score (nSPS) is 27.6. The molecule has 1 aromatic rings. The topological polar surface area (TPSA) is 145 Å². The molecule has 4 N–H and O–H groups in total. The first kappa shape index (κ1) is 32.2. The molecule has 5 atom stereocenters. The lowest BCUT2D eigenvalue weighted by Crippen LogP contribution is -2.65. The zero-order valence-electron chi connectivity index (χ0n) is 25.0. The number of rotatable bonds is 10. The zero-order valence-corrected chi connectivity index (χ0v) is 25.0. The number of nitrogens with one attached hydrogen (secondary N) is 3. The number of unbranched alkanes of at least 4 members (excludes halogenated alkanes) is 2. The number of ketones is 1. The minimum atomic E-state index is -1.30. The zero-order chi connectivity index (χ0) is 30.4. The molecule has 2 heterocycles. The summed E-state index contributed by atoms with van der Waals surface area (Å²) in [7, 11) is 0. The first-order valence-corrected chi connectivity index (χ1v) is 14.7. The summed E-state index contributed by atoms with van der Waals surface area (Å²) < 4.78 is 0. The summed E-state index contributed by atoms with van der Waals surface area (Å²) >= 11 is 0. The summed E-state index contributed by atoms with van der Waals surface area (Å²) in [4.78, 5) is 68.2. The molecule has 0 unspecified atom stereocenters. The summed E-state index contributed by atoms with van der Waals surface area (Å²) in [6.07, 6.45) is 2.25. The van der Waals surface area contributed by atoms with Crippen molar-refractivity contribution in [2.24, 2.45) is 5.41 Å². The molecule has 2 aliphatic heterocycles. The molecule has 10 nitrogen and oxygen atoms in total. The van der Waals surface area contributed by atoms with Gasteiger partial charge in [-0.05, 0) is 50.5 Å². The Morgan fingerprint density at radius 2 is 1.68 bits per heavy atom. The number of hydrogen-bond acceptors (Lipinski definition) is 6. The third-order valence-corrected chi connectivity index (χ3v) is 8.31. The van der Waals surface area contributed by atoms with Gasteiger partial charge in [0.05, 0.1) is 0 Å². The average Bonchev–Trinajstić information content (AvgIpc) is 3.26. The van der Waals surface area contributed by atoms with E-state index in [4.69, 9.17) is 0 Å². The van der Waals surface area contributed by atoms with Crippen molar-refractivity contribution in [3.63, 3.8) is 0 Å². The maximum Gasteiger partial charge on any atom is 0.246 e. The lowest BCUT2D eigenvalue weighted by Gasteiger charge is -2.36. The Morgan fingerprint density at radius 1 is 1.00 bits per heavy atom. The SMILES string of the molecule is CC[C@]1(C)NC(=O)[C@H](CCCCCC(=O)[C@@H](C)O)NC(=O)[C@H]2CC(C)(C)CN2C(=O)[C@H](Cc2ccccc2)NC1=O. The van der Waals surface area contributed by atoms with Crippen molar-refractivity contribution in [3.05, 3.63) is 35.9 Å². The first-order chi connectivity index (χ1) is 19.3. The van der Waals surface area contributed by atoms with E-state index in [0.717, 1.165) is 5.56 Å². The standard InChI is InChI=1S/C31H46N4O6/c1-6-31(5)29(41)33-23(17-21-13-9-7-10-14-21)28(40)35-19-30(3,4)18-24(35)27(39)32-22(26(38)34-31)15-11-8-12-16-25(37)20(2)36/h7,9-10,13-14,20,22-24,36H,6,8,11-12,15-19H2,1-5H3,(H,32,39)(H,33,41)(H,34,38)/t20-,22+,23+,24-,31+/m1/s1. The van der Waals surface area contributed by atoms with E-state index in [9.17, 15) is 29.1 Å². The molecule has 4 amide bonds. The maximum atomic E-state index is 14.0. The number of fused-ring (bicyclic) bond motifs is 1. The van der Waals surface area contributed by atoms with Gasteiger partial charge in [0, 0.05) is 19.4 Å². The van der Waals surface area contributed by atoms with Crippen LogP contribution >= 0.6 is 0 Å². The van der Waals surface area contributed by atoms with Gasteiger partial charge in [0.25, 0.3) is 0 Å². The van der Waals surface area contributed by atoms with Crippen LogP contribution in [0.25, 0.3) is 0 Å². The van der Waals surface area contributed by atoms with Crippen LogP contribution in [0.1, 0.15) is 85.1 Å². The van der Waals surface area contributed by atoms with Gasteiger partial charge < -0.3 is 26.0 Å². The molecule has 41 heavy (non-hydrogen) atoms. The fourth-order valence-electron chi connectivity index (χ4n) is 5.54. The van der Waals surface area contributed by atoms with Crippen molar-refractivity contribution < 1.29 is 29.1 Å². The van der Waals surface area contributed by atoms with Crippen molar-refractivity contribution in [1.82, 2.24) is 20.9 Å². The number of amides is 4. The molecule has 0 aromatic heterocycles. The van der Waals surface area contributed by atoms with Crippen molar-refractivity contribution in [1.29, 1.82) is 0 Å². The second kappa shape index (κ2) is 13.6. The highest BCUT2D eigenvalue weighted by atomic mass is 16.3. The number of hydrogen-bond donors (Lipinski definition) is 4. The van der Waals surface area contributed by atoms with Crippen molar-refractivity contribution in [2.45, 2.75) is 116 Å². The smallest absolute Gasteiger partial charge is 0.246 e. The van der Waals surface area contributed by atoms with Gasteiger partial charge in [0.15, 0.2) is 5.78 Å². The molecule has 2 saturated heterocycles. The number of aliphatic hydroxyl groups is 1. The molecule has 0 aliphatic carbocycles. The average molecular weight is 571 g/mol. The summed E-state index contributed by atoms with van der Waals surface area (Å²) in [6, 6.07) is 6.80. The van der Waals surface area contributed by atoms with E-state index in [1.54, 1.807) is 18.7 Å². The van der Waals surface area contributed by atoms with Crippen molar-refractivity contribution >= 4 is 29.4 Å². The summed E-state index contributed by atoms with van der Waals surface area (Å²) in [5.41, 5.74) is -0.761. The van der Waals surface area contributed by atoms with E-state index in [0.29, 0.717) is 38.6 Å². The quantitative estimate of drug-likeness (QED) is 0.317. The summed E-state index contributed by atoms with van der Waals surface area (Å²) in [6.45, 7) is 9.19. The van der Waals surface area contributed by atoms with Crippen LogP contribution in [0.4, 0.5) is 0 Å². The van der Waals surface area contributed by atoms with Gasteiger partial charge in [-0.3, -0.25) is 24.0 Å². The van der Waals surface area contributed by atoms with Gasteiger partial charge in [0.2, 0.25) is 23.6 Å². The highest BCUT2D eigenvalue weighted by Crippen LogP contribution is 2.35. The lowest BCUT2D eigenvalue weighted by atomic mass is 9.90. The highest BCUT2D eigenvalue weighted by Gasteiger charge is 2.47. The lowest BCUT2D eigenvalue weighted by molar-refractivity contribution is -0.144. The Labute approximate surface area is 243 Å². The number of aliphatic hydroxyl groups excluding tert-OH is 1. The highest BCUT2D eigenvalue weighted by molar-refractivity contribution is 5.99. The second-order valence-electron chi connectivity index (χ2n) is 12.5. The van der Waals surface area contributed by atoms with E-state index in [1.807, 2.05) is 44.2 Å². The van der Waals surface area contributed by atoms with Crippen LogP contribution in [0.3, 0.4) is 0 Å². The molecule has 3 rings (SSSR count). The monoisotopic (exact) mass is 570 g/mol. The molecule has 10 heteroatoms. The number of carbonyl (C=O) groups excluding carboxylic acids is 5. The second-order valence-corrected chi connectivity index (χ2v) is 12.5. The largest absolute Gasteiger partial charge is 0.386 e. The Kier molecular flexibility index (Phi) is 10.7. The number of carbonyl (C=O) groups is 5. The van der Waals surface area contributed by atoms with Gasteiger partial charge in [0.1, 0.15) is 29.8 Å². The van der Waals surface area contributed by atoms with E-state index in [-0.39, 0.29) is 36.4 Å². The summed E-state index contributed by atoms with van der Waals surface area (Å²) in [5.74, 6) is -1.87. The Bertz CT molecular complexity index is 1120. The minimum Gasteiger partial charge on any atom is -0.386 e. The van der Waals surface area contributed by atoms with Gasteiger partial charge in [-0.25, -0.2) is 0 Å². The number of benzene rings is 1. The van der Waals surface area contributed by atoms with E-state index >= 15 is 0 Å². The van der Waals surface area contributed by atoms with Crippen LogP contribution < -0.4 is 16.0 Å². The third kappa shape index (κ3) is 8.38. The van der Waals surface area contributed by atoms with Crippen LogP contribution in [0.15, 0.2) is 30.3 Å². The molecule has 1 aromatic carbocycles. The van der Waals surface area contributed by atoms with Crippen molar-refractivity contribution in [3.8, 4) is 0 Å². The molecule has 226 valence electrons. The van der Waals surface area contributed by atoms with Gasteiger partial charge in [-0.2, -0.15) is 0 Å². The fourth-order valence-corrected chi connectivity index (χ4v) is 5.54.